The van der Waals surface area contributed by atoms with E-state index in [1.54, 1.807) is 0 Å². The summed E-state index contributed by atoms with van der Waals surface area (Å²) in [5.41, 5.74) is 1.19. The Hall–Kier alpha value is -0.610. The maximum atomic E-state index is 5.31. The molecule has 2 heterocycles. The van der Waals surface area contributed by atoms with Gasteiger partial charge in [-0.3, -0.25) is 0 Å². The van der Waals surface area contributed by atoms with Crippen molar-refractivity contribution in [3.63, 3.8) is 0 Å². The molecule has 1 atom stereocenters. The van der Waals surface area contributed by atoms with Crippen molar-refractivity contribution in [3.8, 4) is 0 Å². The van der Waals surface area contributed by atoms with Crippen LogP contribution in [-0.4, -0.2) is 22.8 Å². The molecular formula is C8H12N2OS. The van der Waals surface area contributed by atoms with Gasteiger partial charge in [0.25, 0.3) is 0 Å². The first kappa shape index (κ1) is 8.01. The number of aryl methyl sites for hydroxylation is 1. The third-order valence-corrected chi connectivity index (χ3v) is 2.59. The van der Waals surface area contributed by atoms with Crippen LogP contribution in [0.3, 0.4) is 0 Å². The summed E-state index contributed by atoms with van der Waals surface area (Å²) in [6.45, 7) is 3.72. The Morgan fingerprint density at radius 1 is 1.75 bits per heavy atom. The van der Waals surface area contributed by atoms with Crippen molar-refractivity contribution in [2.75, 3.05) is 13.2 Å². The Morgan fingerprint density at radius 3 is 3.08 bits per heavy atom. The Balaban J connectivity index is 2.37. The van der Waals surface area contributed by atoms with Gasteiger partial charge in [-0.05, 0) is 25.6 Å². The van der Waals surface area contributed by atoms with E-state index in [-0.39, 0.29) is 0 Å². The molecule has 66 valence electrons. The van der Waals surface area contributed by atoms with Crippen LogP contribution in [0.5, 0.6) is 0 Å². The average Bonchev–Trinajstić information content (AvgIpc) is 2.61. The normalized spacial score (nSPS) is 23.2. The van der Waals surface area contributed by atoms with Gasteiger partial charge in [0.2, 0.25) is 0 Å². The van der Waals surface area contributed by atoms with E-state index < -0.39 is 0 Å². The summed E-state index contributed by atoms with van der Waals surface area (Å²) in [4.78, 5) is 3.04. The van der Waals surface area contributed by atoms with Crippen molar-refractivity contribution >= 4 is 12.2 Å². The SMILES string of the molecule is Cc1c[nH]c(=S)n1C1CCOC1. The number of rotatable bonds is 1. The molecule has 4 heteroatoms. The Kier molecular flexibility index (Phi) is 2.02. The van der Waals surface area contributed by atoms with Crippen LogP contribution >= 0.6 is 12.2 Å². The van der Waals surface area contributed by atoms with Gasteiger partial charge in [-0.1, -0.05) is 0 Å². The number of ether oxygens (including phenoxy) is 1. The monoisotopic (exact) mass is 184 g/mol. The van der Waals surface area contributed by atoms with Crippen molar-refractivity contribution in [1.82, 2.24) is 9.55 Å². The van der Waals surface area contributed by atoms with Gasteiger partial charge in [-0.15, -0.1) is 0 Å². The van der Waals surface area contributed by atoms with E-state index in [1.807, 2.05) is 6.20 Å². The molecule has 0 radical (unpaired) electrons. The number of aromatic nitrogens is 2. The van der Waals surface area contributed by atoms with E-state index >= 15 is 0 Å². The van der Waals surface area contributed by atoms with Gasteiger partial charge in [0, 0.05) is 18.5 Å². The van der Waals surface area contributed by atoms with Crippen LogP contribution in [-0.2, 0) is 4.74 Å². The fraction of sp³-hybridized carbons (Fsp3) is 0.625. The second-order valence-electron chi connectivity index (χ2n) is 3.12. The molecule has 3 nitrogen and oxygen atoms in total. The molecule has 0 spiro atoms. The lowest BCUT2D eigenvalue weighted by atomic mass is 10.2. The highest BCUT2D eigenvalue weighted by atomic mass is 32.1. The number of aromatic amines is 1. The number of nitrogens with one attached hydrogen (secondary N) is 1. The zero-order valence-corrected chi connectivity index (χ0v) is 7.86. The smallest absolute Gasteiger partial charge is 0.177 e. The maximum Gasteiger partial charge on any atom is 0.177 e. The number of imidazole rings is 1. The van der Waals surface area contributed by atoms with Gasteiger partial charge < -0.3 is 14.3 Å². The summed E-state index contributed by atoms with van der Waals surface area (Å²) >= 11 is 5.16. The summed E-state index contributed by atoms with van der Waals surface area (Å²) < 4.78 is 8.26. The number of hydrogen-bond acceptors (Lipinski definition) is 2. The zero-order valence-electron chi connectivity index (χ0n) is 7.04. The Labute approximate surface area is 76.4 Å². The number of H-pyrrole nitrogens is 1. The lowest BCUT2D eigenvalue weighted by Gasteiger charge is -2.11. The zero-order chi connectivity index (χ0) is 8.55. The third kappa shape index (κ3) is 1.21. The first-order valence-electron chi connectivity index (χ1n) is 4.13. The summed E-state index contributed by atoms with van der Waals surface area (Å²) in [5.74, 6) is 0. The minimum absolute atomic E-state index is 0.448. The fourth-order valence-electron chi connectivity index (χ4n) is 1.64. The van der Waals surface area contributed by atoms with Gasteiger partial charge in [0.05, 0.1) is 12.6 Å². The molecule has 1 saturated heterocycles. The Bertz CT molecular complexity index is 322. The van der Waals surface area contributed by atoms with Crippen molar-refractivity contribution in [1.29, 1.82) is 0 Å². The summed E-state index contributed by atoms with van der Waals surface area (Å²) in [5, 5.41) is 0. The second kappa shape index (κ2) is 3.03. The third-order valence-electron chi connectivity index (χ3n) is 2.27. The molecule has 0 aliphatic carbocycles. The Morgan fingerprint density at radius 2 is 2.58 bits per heavy atom. The van der Waals surface area contributed by atoms with E-state index in [1.165, 1.54) is 5.69 Å². The quantitative estimate of drug-likeness (QED) is 0.675. The topological polar surface area (TPSA) is 29.9 Å². The van der Waals surface area contributed by atoms with Gasteiger partial charge in [0.1, 0.15) is 0 Å². The van der Waals surface area contributed by atoms with Crippen molar-refractivity contribution < 1.29 is 4.74 Å². The maximum absolute atomic E-state index is 5.31. The molecule has 1 aromatic heterocycles. The van der Waals surface area contributed by atoms with Crippen molar-refractivity contribution in [2.45, 2.75) is 19.4 Å². The highest BCUT2D eigenvalue weighted by molar-refractivity contribution is 7.71. The van der Waals surface area contributed by atoms with E-state index in [0.717, 1.165) is 24.4 Å². The van der Waals surface area contributed by atoms with E-state index in [9.17, 15) is 0 Å². The van der Waals surface area contributed by atoms with E-state index in [4.69, 9.17) is 17.0 Å². The minimum atomic E-state index is 0.448. The summed E-state index contributed by atoms with van der Waals surface area (Å²) in [6.07, 6.45) is 3.02. The fourth-order valence-corrected chi connectivity index (χ4v) is 2.00. The van der Waals surface area contributed by atoms with Crippen LogP contribution in [0.25, 0.3) is 0 Å². The molecule has 0 aromatic carbocycles. The lowest BCUT2D eigenvalue weighted by Crippen LogP contribution is -2.09. The van der Waals surface area contributed by atoms with E-state index in [2.05, 4.69) is 16.5 Å². The second-order valence-corrected chi connectivity index (χ2v) is 3.51. The van der Waals surface area contributed by atoms with Gasteiger partial charge in [-0.2, -0.15) is 0 Å². The predicted octanol–water partition coefficient (Wildman–Crippen LogP) is 1.82. The summed E-state index contributed by atoms with van der Waals surface area (Å²) in [6, 6.07) is 0.448. The minimum Gasteiger partial charge on any atom is -0.379 e. The van der Waals surface area contributed by atoms with Crippen molar-refractivity contribution in [3.05, 3.63) is 16.7 Å². The van der Waals surface area contributed by atoms with Gasteiger partial charge in [0.15, 0.2) is 4.77 Å². The van der Waals surface area contributed by atoms with Gasteiger partial charge in [-0.25, -0.2) is 0 Å². The molecular weight excluding hydrogens is 172 g/mol. The molecule has 1 fully saturated rings. The van der Waals surface area contributed by atoms with Crippen LogP contribution in [0.2, 0.25) is 0 Å². The molecule has 1 aliphatic heterocycles. The predicted molar refractivity (Wildman–Crippen MR) is 48.8 cm³/mol. The van der Waals surface area contributed by atoms with Crippen LogP contribution in [0.4, 0.5) is 0 Å². The van der Waals surface area contributed by atoms with Crippen LogP contribution < -0.4 is 0 Å². The van der Waals surface area contributed by atoms with Crippen LogP contribution in [0.15, 0.2) is 6.20 Å². The largest absolute Gasteiger partial charge is 0.379 e. The summed E-state index contributed by atoms with van der Waals surface area (Å²) in [7, 11) is 0. The highest BCUT2D eigenvalue weighted by Gasteiger charge is 2.18. The molecule has 0 saturated carbocycles. The van der Waals surface area contributed by atoms with E-state index in [0.29, 0.717) is 6.04 Å². The average molecular weight is 184 g/mol. The van der Waals surface area contributed by atoms with Crippen molar-refractivity contribution in [2.24, 2.45) is 0 Å². The molecule has 1 aromatic rings. The molecule has 2 rings (SSSR count). The molecule has 12 heavy (non-hydrogen) atoms. The molecule has 0 bridgehead atoms. The van der Waals surface area contributed by atoms with Crippen LogP contribution in [0, 0.1) is 11.7 Å². The van der Waals surface area contributed by atoms with Gasteiger partial charge >= 0.3 is 0 Å². The first-order chi connectivity index (χ1) is 5.79. The molecule has 1 N–H and O–H groups in total. The highest BCUT2D eigenvalue weighted by Crippen LogP contribution is 2.20. The molecule has 1 aliphatic rings. The molecule has 0 amide bonds. The van der Waals surface area contributed by atoms with Crippen LogP contribution in [0.1, 0.15) is 18.2 Å². The number of nitrogens with zero attached hydrogens (tertiary/aromatic N) is 1. The standard InChI is InChI=1S/C8H12N2OS/c1-6-4-9-8(12)10(6)7-2-3-11-5-7/h4,7H,2-3,5H2,1H3,(H,9,12). The first-order valence-corrected chi connectivity index (χ1v) is 4.54. The number of hydrogen-bond donors (Lipinski definition) is 1. The lowest BCUT2D eigenvalue weighted by molar-refractivity contribution is 0.186. The molecule has 1 unspecified atom stereocenters.